The number of methoxy groups -OCH3 is 1. The predicted molar refractivity (Wildman–Crippen MR) is 125 cm³/mol. The van der Waals surface area contributed by atoms with Crippen LogP contribution in [0.25, 0.3) is 16.5 Å². The molecular weight excluding hydrogens is 404 g/mol. The average molecular weight is 431 g/mol. The summed E-state index contributed by atoms with van der Waals surface area (Å²) in [6, 6.07) is 19.9. The lowest BCUT2D eigenvalue weighted by Crippen LogP contribution is -2.35. The van der Waals surface area contributed by atoms with Crippen LogP contribution in [0.5, 0.6) is 5.75 Å². The van der Waals surface area contributed by atoms with Crippen molar-refractivity contribution in [2.75, 3.05) is 34.3 Å². The topological polar surface area (TPSA) is 70.1 Å². The molecule has 0 saturated carbocycles. The molecule has 6 nitrogen and oxygen atoms in total. The summed E-state index contributed by atoms with van der Waals surface area (Å²) in [6.45, 7) is 0.942. The fraction of sp³-hybridized carbons (Fsp3) is 0.231. The SMILES string of the molecule is COc1ccccc1/C(O)=C1\C(=O)C(=O)N(CCN(C)C)C1c1cccc2ccccc12. The molecule has 1 aliphatic rings. The molecule has 4 rings (SSSR count). The van der Waals surface area contributed by atoms with Gasteiger partial charge in [-0.05, 0) is 42.6 Å². The van der Waals surface area contributed by atoms with Gasteiger partial charge in [-0.3, -0.25) is 9.59 Å². The Balaban J connectivity index is 1.97. The zero-order valence-corrected chi connectivity index (χ0v) is 18.4. The van der Waals surface area contributed by atoms with Crippen LogP contribution in [0.3, 0.4) is 0 Å². The molecule has 6 heteroatoms. The molecule has 0 radical (unpaired) electrons. The first-order chi connectivity index (χ1) is 15.4. The molecule has 1 unspecified atom stereocenters. The van der Waals surface area contributed by atoms with Gasteiger partial charge in [0.2, 0.25) is 0 Å². The second kappa shape index (κ2) is 8.85. The first-order valence-corrected chi connectivity index (χ1v) is 10.5. The molecule has 164 valence electrons. The van der Waals surface area contributed by atoms with Gasteiger partial charge in [-0.2, -0.15) is 0 Å². The maximum atomic E-state index is 13.2. The molecular formula is C26H26N2O4. The van der Waals surface area contributed by atoms with E-state index in [0.29, 0.717) is 24.4 Å². The summed E-state index contributed by atoms with van der Waals surface area (Å²) < 4.78 is 5.39. The third-order valence-electron chi connectivity index (χ3n) is 5.81. The summed E-state index contributed by atoms with van der Waals surface area (Å²) >= 11 is 0. The van der Waals surface area contributed by atoms with Crippen LogP contribution in [0, 0.1) is 0 Å². The van der Waals surface area contributed by atoms with E-state index >= 15 is 0 Å². The summed E-state index contributed by atoms with van der Waals surface area (Å²) in [5, 5.41) is 13.2. The van der Waals surface area contributed by atoms with Crippen molar-refractivity contribution >= 4 is 28.2 Å². The largest absolute Gasteiger partial charge is 0.507 e. The van der Waals surface area contributed by atoms with Gasteiger partial charge >= 0.3 is 0 Å². The minimum absolute atomic E-state index is 0.0783. The summed E-state index contributed by atoms with van der Waals surface area (Å²) in [7, 11) is 5.33. The molecule has 1 atom stereocenters. The van der Waals surface area contributed by atoms with Crippen LogP contribution in [0.1, 0.15) is 17.2 Å². The second-order valence-electron chi connectivity index (χ2n) is 8.06. The fourth-order valence-corrected chi connectivity index (χ4v) is 4.22. The summed E-state index contributed by atoms with van der Waals surface area (Å²) in [5.74, 6) is -1.10. The number of fused-ring (bicyclic) bond motifs is 1. The fourth-order valence-electron chi connectivity index (χ4n) is 4.22. The van der Waals surface area contributed by atoms with Gasteiger partial charge in [-0.1, -0.05) is 54.6 Å². The summed E-state index contributed by atoms with van der Waals surface area (Å²) in [4.78, 5) is 29.9. The van der Waals surface area contributed by atoms with Gasteiger partial charge in [0, 0.05) is 13.1 Å². The van der Waals surface area contributed by atoms with Crippen molar-refractivity contribution in [1.82, 2.24) is 9.80 Å². The number of rotatable bonds is 6. The number of ether oxygens (including phenoxy) is 1. The number of aliphatic hydroxyl groups excluding tert-OH is 1. The molecule has 3 aromatic carbocycles. The van der Waals surface area contributed by atoms with E-state index < -0.39 is 17.7 Å². The number of para-hydroxylation sites is 1. The molecule has 0 aliphatic carbocycles. The number of hydrogen-bond donors (Lipinski definition) is 1. The Kier molecular flexibility index (Phi) is 5.97. The van der Waals surface area contributed by atoms with Crippen LogP contribution in [0.15, 0.2) is 72.3 Å². The van der Waals surface area contributed by atoms with Gasteiger partial charge in [0.25, 0.3) is 11.7 Å². The lowest BCUT2D eigenvalue weighted by molar-refractivity contribution is -0.140. The zero-order chi connectivity index (χ0) is 22.8. The van der Waals surface area contributed by atoms with Gasteiger partial charge < -0.3 is 19.6 Å². The molecule has 0 spiro atoms. The van der Waals surface area contributed by atoms with E-state index in [1.807, 2.05) is 61.5 Å². The highest BCUT2D eigenvalue weighted by atomic mass is 16.5. The van der Waals surface area contributed by atoms with E-state index in [1.165, 1.54) is 7.11 Å². The number of aliphatic hydroxyl groups is 1. The zero-order valence-electron chi connectivity index (χ0n) is 18.4. The number of likely N-dealkylation sites (tertiary alicyclic amines) is 1. The van der Waals surface area contributed by atoms with E-state index in [-0.39, 0.29) is 11.3 Å². The predicted octanol–water partition coefficient (Wildman–Crippen LogP) is 3.83. The number of amides is 1. The number of likely N-dealkylation sites (N-methyl/N-ethyl adjacent to an activating group) is 1. The van der Waals surface area contributed by atoms with Crippen LogP contribution >= 0.6 is 0 Å². The highest BCUT2D eigenvalue weighted by Gasteiger charge is 2.46. The molecule has 1 saturated heterocycles. The minimum atomic E-state index is -0.703. The van der Waals surface area contributed by atoms with E-state index in [2.05, 4.69) is 0 Å². The highest BCUT2D eigenvalue weighted by molar-refractivity contribution is 6.46. The molecule has 0 bridgehead atoms. The average Bonchev–Trinajstić information content (AvgIpc) is 3.06. The first kappa shape index (κ1) is 21.6. The number of hydrogen-bond acceptors (Lipinski definition) is 5. The number of benzene rings is 3. The Hall–Kier alpha value is -3.64. The molecule has 1 fully saturated rings. The van der Waals surface area contributed by atoms with Gasteiger partial charge in [-0.25, -0.2) is 0 Å². The Morgan fingerprint density at radius 2 is 1.69 bits per heavy atom. The highest BCUT2D eigenvalue weighted by Crippen LogP contribution is 2.42. The van der Waals surface area contributed by atoms with Crippen LogP contribution in [0.4, 0.5) is 0 Å². The summed E-state index contributed by atoms with van der Waals surface area (Å²) in [5.41, 5.74) is 1.26. The molecule has 1 N–H and O–H groups in total. The van der Waals surface area contributed by atoms with Crippen molar-refractivity contribution in [3.05, 3.63) is 83.4 Å². The first-order valence-electron chi connectivity index (χ1n) is 10.5. The minimum Gasteiger partial charge on any atom is -0.507 e. The van der Waals surface area contributed by atoms with E-state index in [1.54, 1.807) is 29.2 Å². The van der Waals surface area contributed by atoms with Crippen LogP contribution in [-0.2, 0) is 9.59 Å². The Morgan fingerprint density at radius 1 is 1.00 bits per heavy atom. The quantitative estimate of drug-likeness (QED) is 0.366. The molecule has 1 amide bonds. The maximum Gasteiger partial charge on any atom is 0.295 e. The van der Waals surface area contributed by atoms with Crippen molar-refractivity contribution in [2.45, 2.75) is 6.04 Å². The van der Waals surface area contributed by atoms with Crippen LogP contribution < -0.4 is 4.74 Å². The third-order valence-corrected chi connectivity index (χ3v) is 5.81. The summed E-state index contributed by atoms with van der Waals surface area (Å²) in [6.07, 6.45) is 0. The second-order valence-corrected chi connectivity index (χ2v) is 8.06. The number of carbonyl (C=O) groups is 2. The van der Waals surface area contributed by atoms with E-state index in [9.17, 15) is 14.7 Å². The lowest BCUT2D eigenvalue weighted by Gasteiger charge is -2.27. The van der Waals surface area contributed by atoms with Crippen LogP contribution in [-0.4, -0.2) is 60.9 Å². The van der Waals surface area contributed by atoms with Gasteiger partial charge in [0.15, 0.2) is 0 Å². The molecule has 32 heavy (non-hydrogen) atoms. The van der Waals surface area contributed by atoms with Crippen LogP contribution in [0.2, 0.25) is 0 Å². The Bertz CT molecular complexity index is 1210. The molecule has 0 aromatic heterocycles. The van der Waals surface area contributed by atoms with Gasteiger partial charge in [0.1, 0.15) is 11.5 Å². The standard InChI is InChI=1S/C26H26N2O4/c1-27(2)15-16-28-23(19-13-8-10-17-9-4-5-11-18(17)19)22(25(30)26(28)31)24(29)20-12-6-7-14-21(20)32-3/h4-14,23,29H,15-16H2,1-3H3/b24-22+. The molecule has 1 heterocycles. The van der Waals surface area contributed by atoms with Crippen molar-refractivity contribution in [3.63, 3.8) is 0 Å². The Morgan fingerprint density at radius 3 is 2.44 bits per heavy atom. The van der Waals surface area contributed by atoms with Crippen molar-refractivity contribution in [1.29, 1.82) is 0 Å². The molecule has 3 aromatic rings. The third kappa shape index (κ3) is 3.74. The smallest absolute Gasteiger partial charge is 0.295 e. The Labute approximate surface area is 187 Å². The monoisotopic (exact) mass is 430 g/mol. The van der Waals surface area contributed by atoms with Crippen molar-refractivity contribution < 1.29 is 19.4 Å². The van der Waals surface area contributed by atoms with E-state index in [0.717, 1.165) is 16.3 Å². The number of nitrogens with zero attached hydrogens (tertiary/aromatic N) is 2. The number of carbonyl (C=O) groups excluding carboxylic acids is 2. The van der Waals surface area contributed by atoms with Gasteiger partial charge in [0.05, 0.1) is 24.3 Å². The number of Topliss-reactive ketones (excluding diaryl/α,β-unsaturated/α-hetero) is 1. The van der Waals surface area contributed by atoms with Crippen molar-refractivity contribution in [3.8, 4) is 5.75 Å². The normalized spacial score (nSPS) is 18.0. The molecule has 1 aliphatic heterocycles. The lowest BCUT2D eigenvalue weighted by atomic mass is 9.91. The van der Waals surface area contributed by atoms with Crippen molar-refractivity contribution in [2.24, 2.45) is 0 Å². The number of ketones is 1. The van der Waals surface area contributed by atoms with E-state index in [4.69, 9.17) is 4.74 Å². The van der Waals surface area contributed by atoms with Gasteiger partial charge in [-0.15, -0.1) is 0 Å². The maximum absolute atomic E-state index is 13.2.